The molecule has 1 nitrogen and oxygen atoms in total. The van der Waals surface area contributed by atoms with E-state index in [0.29, 0.717) is 5.56 Å². The molecule has 3 fully saturated rings. The van der Waals surface area contributed by atoms with E-state index >= 15 is 0 Å². The van der Waals surface area contributed by atoms with Crippen LogP contribution in [0.1, 0.15) is 82.6 Å². The summed E-state index contributed by atoms with van der Waals surface area (Å²) in [5.74, 6) is 1.32. The van der Waals surface area contributed by atoms with Crippen molar-refractivity contribution in [2.45, 2.75) is 83.7 Å². The summed E-state index contributed by atoms with van der Waals surface area (Å²) in [5.41, 5.74) is 0.574. The minimum atomic E-state index is -3.23. The number of hydrogen-bond acceptors (Lipinski definition) is 1. The summed E-state index contributed by atoms with van der Waals surface area (Å²) in [6.07, 6.45) is 12.3. The Morgan fingerprint density at radius 1 is 0.759 bits per heavy atom. The molecule has 1 aromatic carbocycles. The fourth-order valence-corrected chi connectivity index (χ4v) is 6.53. The zero-order valence-electron chi connectivity index (χ0n) is 17.2. The zero-order valence-corrected chi connectivity index (χ0v) is 17.2. The van der Waals surface area contributed by atoms with Crippen molar-refractivity contribution in [3.8, 4) is 5.75 Å². The summed E-state index contributed by atoms with van der Waals surface area (Å²) >= 11 is 0. The van der Waals surface area contributed by atoms with Crippen molar-refractivity contribution in [3.05, 3.63) is 29.3 Å². The standard InChI is InChI=1S/C24H32F4O/c1-14-2-3-19-11-18(9-8-17(19)10-14)15-4-6-16(7-5-15)20-12-21(25)23(22(26)13-20)29-24(27)28/h12-19,24H,2-11H2,1H3. The van der Waals surface area contributed by atoms with Crippen molar-refractivity contribution in [1.29, 1.82) is 0 Å². The monoisotopic (exact) mass is 412 g/mol. The summed E-state index contributed by atoms with van der Waals surface area (Å²) in [4.78, 5) is 0. The van der Waals surface area contributed by atoms with Gasteiger partial charge in [0.1, 0.15) is 0 Å². The van der Waals surface area contributed by atoms with Crippen LogP contribution in [-0.4, -0.2) is 6.61 Å². The second kappa shape index (κ2) is 8.85. The Labute approximate surface area is 171 Å². The molecule has 4 rings (SSSR count). The second-order valence-electron chi connectivity index (χ2n) is 9.82. The van der Waals surface area contributed by atoms with Gasteiger partial charge in [-0.3, -0.25) is 0 Å². The van der Waals surface area contributed by atoms with E-state index in [1.807, 2.05) is 0 Å². The van der Waals surface area contributed by atoms with E-state index < -0.39 is 24.0 Å². The van der Waals surface area contributed by atoms with Crippen LogP contribution in [0.15, 0.2) is 12.1 Å². The van der Waals surface area contributed by atoms with Crippen LogP contribution in [0.5, 0.6) is 5.75 Å². The SMILES string of the molecule is CC1CCC2CC(C3CCC(c4cc(F)c(OC(F)F)c(F)c4)CC3)CCC2C1. The molecule has 0 heterocycles. The molecular formula is C24H32F4O. The molecule has 5 heteroatoms. The van der Waals surface area contributed by atoms with Crippen molar-refractivity contribution in [3.63, 3.8) is 0 Å². The Hall–Kier alpha value is -1.26. The quantitative estimate of drug-likeness (QED) is 0.461. The number of benzene rings is 1. The number of alkyl halides is 2. The van der Waals surface area contributed by atoms with E-state index in [1.54, 1.807) is 0 Å². The number of halogens is 4. The van der Waals surface area contributed by atoms with Crippen molar-refractivity contribution in [2.75, 3.05) is 0 Å². The minimum Gasteiger partial charge on any atom is -0.429 e. The predicted molar refractivity (Wildman–Crippen MR) is 105 cm³/mol. The molecule has 0 saturated heterocycles. The van der Waals surface area contributed by atoms with Crippen molar-refractivity contribution >= 4 is 0 Å². The van der Waals surface area contributed by atoms with Crippen molar-refractivity contribution in [1.82, 2.24) is 0 Å². The van der Waals surface area contributed by atoms with Crippen LogP contribution in [0.4, 0.5) is 17.6 Å². The summed E-state index contributed by atoms with van der Waals surface area (Å²) < 4.78 is 56.8. The highest BCUT2D eigenvalue weighted by molar-refractivity contribution is 5.33. The third kappa shape index (κ3) is 4.74. The maximum Gasteiger partial charge on any atom is 0.387 e. The smallest absolute Gasteiger partial charge is 0.387 e. The number of rotatable bonds is 4. The highest BCUT2D eigenvalue weighted by Crippen LogP contribution is 2.50. The van der Waals surface area contributed by atoms with Crippen LogP contribution in [0.25, 0.3) is 0 Å². The van der Waals surface area contributed by atoms with Crippen LogP contribution in [0.3, 0.4) is 0 Å². The molecule has 4 atom stereocenters. The molecule has 3 saturated carbocycles. The average molecular weight is 413 g/mol. The lowest BCUT2D eigenvalue weighted by atomic mass is 9.61. The van der Waals surface area contributed by atoms with Gasteiger partial charge in [-0.2, -0.15) is 8.78 Å². The van der Waals surface area contributed by atoms with E-state index in [0.717, 1.165) is 55.3 Å². The highest BCUT2D eigenvalue weighted by Gasteiger charge is 2.38. The Balaban J connectivity index is 1.34. The second-order valence-corrected chi connectivity index (χ2v) is 9.82. The maximum absolute atomic E-state index is 14.1. The first-order valence-corrected chi connectivity index (χ1v) is 11.3. The molecule has 0 amide bonds. The van der Waals surface area contributed by atoms with Gasteiger partial charge in [-0.1, -0.05) is 13.3 Å². The van der Waals surface area contributed by atoms with Crippen LogP contribution < -0.4 is 4.74 Å². The predicted octanol–water partition coefficient (Wildman–Crippen LogP) is 7.69. The van der Waals surface area contributed by atoms with Gasteiger partial charge in [0.15, 0.2) is 17.4 Å². The fraction of sp³-hybridized carbons (Fsp3) is 0.750. The molecule has 0 bridgehead atoms. The van der Waals surface area contributed by atoms with Gasteiger partial charge in [0.05, 0.1) is 0 Å². The van der Waals surface area contributed by atoms with Crippen LogP contribution in [0, 0.1) is 41.2 Å². The number of fused-ring (bicyclic) bond motifs is 1. The van der Waals surface area contributed by atoms with E-state index in [9.17, 15) is 17.6 Å². The lowest BCUT2D eigenvalue weighted by molar-refractivity contribution is -0.0546. The normalized spacial score (nSPS) is 35.4. The molecule has 3 aliphatic rings. The fourth-order valence-electron chi connectivity index (χ4n) is 6.53. The van der Waals surface area contributed by atoms with Gasteiger partial charge in [0.25, 0.3) is 0 Å². The van der Waals surface area contributed by atoms with Crippen LogP contribution >= 0.6 is 0 Å². The van der Waals surface area contributed by atoms with Gasteiger partial charge < -0.3 is 4.74 Å². The largest absolute Gasteiger partial charge is 0.429 e. The Kier molecular flexibility index (Phi) is 6.41. The first kappa shape index (κ1) is 21.0. The molecule has 0 N–H and O–H groups in total. The van der Waals surface area contributed by atoms with Crippen LogP contribution in [0.2, 0.25) is 0 Å². The topological polar surface area (TPSA) is 9.23 Å². The number of ether oxygens (including phenoxy) is 1. The molecule has 0 aliphatic heterocycles. The summed E-state index contributed by atoms with van der Waals surface area (Å²) in [6, 6.07) is 2.36. The summed E-state index contributed by atoms with van der Waals surface area (Å²) in [5, 5.41) is 0. The summed E-state index contributed by atoms with van der Waals surface area (Å²) in [7, 11) is 0. The molecule has 4 unspecified atom stereocenters. The van der Waals surface area contributed by atoms with Gasteiger partial charge in [0.2, 0.25) is 0 Å². The molecule has 29 heavy (non-hydrogen) atoms. The molecular weight excluding hydrogens is 380 g/mol. The van der Waals surface area contributed by atoms with Crippen molar-refractivity contribution in [2.24, 2.45) is 29.6 Å². The Morgan fingerprint density at radius 3 is 1.90 bits per heavy atom. The lowest BCUT2D eigenvalue weighted by Gasteiger charge is -2.45. The Bertz CT molecular complexity index is 675. The highest BCUT2D eigenvalue weighted by atomic mass is 19.3. The van der Waals surface area contributed by atoms with Gasteiger partial charge in [-0.15, -0.1) is 0 Å². The van der Waals surface area contributed by atoms with Crippen molar-refractivity contribution < 1.29 is 22.3 Å². The first-order chi connectivity index (χ1) is 13.9. The van der Waals surface area contributed by atoms with Crippen LogP contribution in [-0.2, 0) is 0 Å². The maximum atomic E-state index is 14.1. The molecule has 0 spiro atoms. The summed E-state index contributed by atoms with van der Waals surface area (Å²) in [6.45, 7) is -0.843. The zero-order chi connectivity index (χ0) is 20.5. The van der Waals surface area contributed by atoms with E-state index in [4.69, 9.17) is 0 Å². The first-order valence-electron chi connectivity index (χ1n) is 11.3. The molecule has 3 aliphatic carbocycles. The third-order valence-corrected chi connectivity index (χ3v) is 8.05. The molecule has 0 radical (unpaired) electrons. The van der Waals surface area contributed by atoms with Gasteiger partial charge in [0, 0.05) is 0 Å². The van der Waals surface area contributed by atoms with Gasteiger partial charge in [-0.05, 0) is 111 Å². The molecule has 1 aromatic rings. The molecule has 162 valence electrons. The van der Waals surface area contributed by atoms with E-state index in [-0.39, 0.29) is 5.92 Å². The van der Waals surface area contributed by atoms with E-state index in [2.05, 4.69) is 11.7 Å². The molecule has 0 aromatic heterocycles. The van der Waals surface area contributed by atoms with Gasteiger partial charge >= 0.3 is 6.61 Å². The van der Waals surface area contributed by atoms with Gasteiger partial charge in [-0.25, -0.2) is 8.78 Å². The average Bonchev–Trinajstić information content (AvgIpc) is 2.70. The lowest BCUT2D eigenvalue weighted by Crippen LogP contribution is -2.34. The third-order valence-electron chi connectivity index (χ3n) is 8.05. The number of hydrogen-bond donors (Lipinski definition) is 0. The Morgan fingerprint density at radius 2 is 1.28 bits per heavy atom. The minimum absolute atomic E-state index is 0.0997. The van der Waals surface area contributed by atoms with E-state index in [1.165, 1.54) is 50.7 Å².